The summed E-state index contributed by atoms with van der Waals surface area (Å²) in [6.45, 7) is 0.184. The van der Waals surface area contributed by atoms with Crippen LogP contribution in [0.5, 0.6) is 0 Å². The van der Waals surface area contributed by atoms with Crippen LogP contribution in [-0.2, 0) is 11.3 Å². The van der Waals surface area contributed by atoms with Gasteiger partial charge in [-0.05, 0) is 6.07 Å². The van der Waals surface area contributed by atoms with Crippen LogP contribution in [0.1, 0.15) is 5.69 Å². The molecule has 1 heterocycles. The SMILES string of the molecule is COCc1cc(=O)c2c(F)cc(F)cc2[nH]1. The van der Waals surface area contributed by atoms with Crippen LogP contribution in [0.15, 0.2) is 23.0 Å². The van der Waals surface area contributed by atoms with E-state index in [2.05, 4.69) is 4.98 Å². The van der Waals surface area contributed by atoms with Crippen molar-refractivity contribution in [3.05, 3.63) is 45.8 Å². The van der Waals surface area contributed by atoms with Gasteiger partial charge in [-0.15, -0.1) is 0 Å². The Hall–Kier alpha value is -1.75. The van der Waals surface area contributed by atoms with Gasteiger partial charge in [0.2, 0.25) is 0 Å². The molecule has 2 aromatic rings. The second-order valence-corrected chi connectivity index (χ2v) is 3.40. The van der Waals surface area contributed by atoms with E-state index in [1.54, 1.807) is 0 Å². The number of rotatable bonds is 2. The van der Waals surface area contributed by atoms with Crippen LogP contribution in [0.2, 0.25) is 0 Å². The molecule has 0 amide bonds. The first-order valence-corrected chi connectivity index (χ1v) is 4.61. The molecular formula is C11H9F2NO2. The van der Waals surface area contributed by atoms with Gasteiger partial charge in [-0.3, -0.25) is 4.79 Å². The number of H-pyrrole nitrogens is 1. The smallest absolute Gasteiger partial charge is 0.192 e. The van der Waals surface area contributed by atoms with E-state index in [9.17, 15) is 13.6 Å². The Labute approximate surface area is 89.7 Å². The van der Waals surface area contributed by atoms with Crippen molar-refractivity contribution < 1.29 is 13.5 Å². The normalized spacial score (nSPS) is 10.9. The number of nitrogens with one attached hydrogen (secondary N) is 1. The van der Waals surface area contributed by atoms with Crippen LogP contribution in [0.25, 0.3) is 10.9 Å². The maximum absolute atomic E-state index is 13.3. The summed E-state index contributed by atoms with van der Waals surface area (Å²) in [6.07, 6.45) is 0. The van der Waals surface area contributed by atoms with Crippen LogP contribution < -0.4 is 5.43 Å². The number of fused-ring (bicyclic) bond motifs is 1. The van der Waals surface area contributed by atoms with Crippen molar-refractivity contribution in [1.29, 1.82) is 0 Å². The highest BCUT2D eigenvalue weighted by Crippen LogP contribution is 2.15. The molecule has 0 atom stereocenters. The molecule has 0 radical (unpaired) electrons. The molecule has 2 rings (SSSR count). The lowest BCUT2D eigenvalue weighted by molar-refractivity contribution is 0.181. The molecule has 1 aromatic carbocycles. The minimum atomic E-state index is -0.861. The molecule has 16 heavy (non-hydrogen) atoms. The topological polar surface area (TPSA) is 42.1 Å². The Kier molecular flexibility index (Phi) is 2.70. The van der Waals surface area contributed by atoms with Crippen molar-refractivity contribution in [1.82, 2.24) is 4.98 Å². The van der Waals surface area contributed by atoms with Gasteiger partial charge < -0.3 is 9.72 Å². The molecule has 0 aliphatic carbocycles. The van der Waals surface area contributed by atoms with Crippen molar-refractivity contribution in [2.45, 2.75) is 6.61 Å². The fourth-order valence-corrected chi connectivity index (χ4v) is 1.60. The average molecular weight is 225 g/mol. The molecule has 3 nitrogen and oxygen atoms in total. The number of halogens is 2. The number of pyridine rings is 1. The van der Waals surface area contributed by atoms with Gasteiger partial charge in [-0.25, -0.2) is 8.78 Å². The van der Waals surface area contributed by atoms with Crippen LogP contribution in [0, 0.1) is 11.6 Å². The van der Waals surface area contributed by atoms with E-state index in [-0.39, 0.29) is 17.5 Å². The average Bonchev–Trinajstić information content (AvgIpc) is 2.15. The molecule has 0 aliphatic heterocycles. The second-order valence-electron chi connectivity index (χ2n) is 3.40. The standard InChI is InChI=1S/C11H9F2NO2/c1-16-5-7-4-10(15)11-8(13)2-6(12)3-9(11)14-7/h2-4H,5H2,1H3,(H,14,15). The third kappa shape index (κ3) is 1.81. The van der Waals surface area contributed by atoms with Crippen LogP contribution >= 0.6 is 0 Å². The maximum Gasteiger partial charge on any atom is 0.192 e. The molecule has 0 saturated heterocycles. The fourth-order valence-electron chi connectivity index (χ4n) is 1.60. The number of benzene rings is 1. The van der Waals surface area contributed by atoms with Gasteiger partial charge in [0, 0.05) is 24.9 Å². The molecule has 0 saturated carbocycles. The molecule has 0 fully saturated rings. The number of aromatic amines is 1. The monoisotopic (exact) mass is 225 g/mol. The molecule has 0 bridgehead atoms. The largest absolute Gasteiger partial charge is 0.378 e. The van der Waals surface area contributed by atoms with Gasteiger partial charge in [0.15, 0.2) is 5.43 Å². The van der Waals surface area contributed by atoms with E-state index in [1.165, 1.54) is 13.2 Å². The highest BCUT2D eigenvalue weighted by molar-refractivity contribution is 5.79. The van der Waals surface area contributed by atoms with Gasteiger partial charge in [0.1, 0.15) is 11.6 Å². The Morgan fingerprint density at radius 3 is 2.75 bits per heavy atom. The van der Waals surface area contributed by atoms with Gasteiger partial charge in [-0.2, -0.15) is 0 Å². The van der Waals surface area contributed by atoms with E-state index in [0.717, 1.165) is 6.07 Å². The van der Waals surface area contributed by atoms with Crippen molar-refractivity contribution in [3.8, 4) is 0 Å². The van der Waals surface area contributed by atoms with E-state index < -0.39 is 17.1 Å². The van der Waals surface area contributed by atoms with Crippen molar-refractivity contribution in [3.63, 3.8) is 0 Å². The first-order chi connectivity index (χ1) is 7.61. The number of hydrogen-bond acceptors (Lipinski definition) is 2. The summed E-state index contributed by atoms with van der Waals surface area (Å²) in [4.78, 5) is 14.3. The summed E-state index contributed by atoms with van der Waals surface area (Å²) in [5.74, 6) is -1.59. The second kappa shape index (κ2) is 4.02. The Bertz CT molecular complexity index is 592. The molecular weight excluding hydrogens is 216 g/mol. The lowest BCUT2D eigenvalue weighted by Crippen LogP contribution is -2.08. The van der Waals surface area contributed by atoms with Crippen molar-refractivity contribution >= 4 is 10.9 Å². The summed E-state index contributed by atoms with van der Waals surface area (Å²) < 4.78 is 31.1. The lowest BCUT2D eigenvalue weighted by Gasteiger charge is -2.04. The molecule has 0 spiro atoms. The van der Waals surface area contributed by atoms with Crippen molar-refractivity contribution in [2.24, 2.45) is 0 Å². The van der Waals surface area contributed by atoms with Gasteiger partial charge in [-0.1, -0.05) is 0 Å². The predicted molar refractivity (Wildman–Crippen MR) is 55.2 cm³/mol. The summed E-state index contributed by atoms with van der Waals surface area (Å²) in [5, 5.41) is -0.138. The Balaban J connectivity index is 2.77. The van der Waals surface area contributed by atoms with Crippen molar-refractivity contribution in [2.75, 3.05) is 7.11 Å². The zero-order chi connectivity index (χ0) is 11.7. The fraction of sp³-hybridized carbons (Fsp3) is 0.182. The summed E-state index contributed by atoms with van der Waals surface area (Å²) in [6, 6.07) is 3.01. The third-order valence-corrected chi connectivity index (χ3v) is 2.20. The lowest BCUT2D eigenvalue weighted by atomic mass is 10.2. The zero-order valence-electron chi connectivity index (χ0n) is 8.51. The number of ether oxygens (including phenoxy) is 1. The highest BCUT2D eigenvalue weighted by Gasteiger charge is 2.09. The van der Waals surface area contributed by atoms with Gasteiger partial charge in [0.05, 0.1) is 17.5 Å². The first-order valence-electron chi connectivity index (χ1n) is 4.61. The number of hydrogen-bond donors (Lipinski definition) is 1. The maximum atomic E-state index is 13.3. The van der Waals surface area contributed by atoms with Crippen LogP contribution in [0.3, 0.4) is 0 Å². The number of methoxy groups -OCH3 is 1. The quantitative estimate of drug-likeness (QED) is 0.848. The minimum absolute atomic E-state index is 0.136. The first kappa shape index (κ1) is 10.8. The number of aromatic nitrogens is 1. The molecule has 84 valence electrons. The van der Waals surface area contributed by atoms with Gasteiger partial charge >= 0.3 is 0 Å². The molecule has 1 aromatic heterocycles. The molecule has 0 aliphatic rings. The molecule has 1 N–H and O–H groups in total. The Morgan fingerprint density at radius 1 is 1.31 bits per heavy atom. The summed E-state index contributed by atoms with van der Waals surface area (Å²) in [7, 11) is 1.47. The predicted octanol–water partition coefficient (Wildman–Crippen LogP) is 1.95. The molecule has 0 unspecified atom stereocenters. The Morgan fingerprint density at radius 2 is 2.06 bits per heavy atom. The highest BCUT2D eigenvalue weighted by atomic mass is 19.1. The summed E-state index contributed by atoms with van der Waals surface area (Å²) >= 11 is 0. The van der Waals surface area contributed by atoms with E-state index in [0.29, 0.717) is 11.8 Å². The van der Waals surface area contributed by atoms with Crippen LogP contribution in [-0.4, -0.2) is 12.1 Å². The van der Waals surface area contributed by atoms with E-state index in [1.807, 2.05) is 0 Å². The minimum Gasteiger partial charge on any atom is -0.378 e. The van der Waals surface area contributed by atoms with E-state index >= 15 is 0 Å². The summed E-state index contributed by atoms with van der Waals surface area (Å²) in [5.41, 5.74) is 0.125. The van der Waals surface area contributed by atoms with Gasteiger partial charge in [0.25, 0.3) is 0 Å². The van der Waals surface area contributed by atoms with Crippen LogP contribution in [0.4, 0.5) is 8.78 Å². The zero-order valence-corrected chi connectivity index (χ0v) is 8.51. The third-order valence-electron chi connectivity index (χ3n) is 2.20. The van der Waals surface area contributed by atoms with E-state index in [4.69, 9.17) is 4.74 Å². The molecule has 5 heteroatoms.